The summed E-state index contributed by atoms with van der Waals surface area (Å²) in [5.74, 6) is 0.175. The van der Waals surface area contributed by atoms with E-state index >= 15 is 0 Å². The summed E-state index contributed by atoms with van der Waals surface area (Å²) >= 11 is 3.32. The molecule has 0 spiro atoms. The second-order valence-electron chi connectivity index (χ2n) is 3.85. The van der Waals surface area contributed by atoms with Crippen LogP contribution in [-0.2, 0) is 7.05 Å². The van der Waals surface area contributed by atoms with Gasteiger partial charge in [-0.25, -0.2) is 4.98 Å². The zero-order valence-electron chi connectivity index (χ0n) is 9.94. The molecule has 94 valence electrons. The van der Waals surface area contributed by atoms with Crippen LogP contribution in [-0.4, -0.2) is 20.7 Å². The predicted molar refractivity (Wildman–Crippen MR) is 72.2 cm³/mol. The number of aromatic nitrogens is 3. The van der Waals surface area contributed by atoms with Crippen LogP contribution in [0.3, 0.4) is 0 Å². The van der Waals surface area contributed by atoms with E-state index in [2.05, 4.69) is 31.3 Å². The number of aryl methyl sites for hydroxylation is 2. The van der Waals surface area contributed by atoms with Crippen molar-refractivity contribution in [1.29, 1.82) is 0 Å². The number of nitrogens with zero attached hydrogens (tertiary/aromatic N) is 3. The van der Waals surface area contributed by atoms with Crippen molar-refractivity contribution < 1.29 is 4.79 Å². The van der Waals surface area contributed by atoms with Crippen LogP contribution in [0.4, 0.5) is 11.5 Å². The van der Waals surface area contributed by atoms with Crippen molar-refractivity contribution >= 4 is 33.3 Å². The molecule has 0 fully saturated rings. The van der Waals surface area contributed by atoms with Crippen LogP contribution in [0.1, 0.15) is 16.1 Å². The number of nitrogen functional groups attached to an aromatic ring is 1. The van der Waals surface area contributed by atoms with E-state index in [4.69, 9.17) is 5.73 Å². The second-order valence-corrected chi connectivity index (χ2v) is 4.76. The molecular formula is C11H12BrN5O. The summed E-state index contributed by atoms with van der Waals surface area (Å²) in [7, 11) is 1.66. The zero-order valence-corrected chi connectivity index (χ0v) is 11.5. The van der Waals surface area contributed by atoms with E-state index in [0.29, 0.717) is 17.2 Å². The lowest BCUT2D eigenvalue weighted by atomic mass is 10.3. The van der Waals surface area contributed by atoms with Crippen LogP contribution in [0.15, 0.2) is 22.9 Å². The highest BCUT2D eigenvalue weighted by atomic mass is 79.9. The Balaban J connectivity index is 2.27. The number of anilines is 2. The predicted octanol–water partition coefficient (Wildman–Crippen LogP) is 1.72. The topological polar surface area (TPSA) is 85.8 Å². The summed E-state index contributed by atoms with van der Waals surface area (Å²) in [6.45, 7) is 1.86. The van der Waals surface area contributed by atoms with Gasteiger partial charge in [-0.1, -0.05) is 0 Å². The maximum Gasteiger partial charge on any atom is 0.277 e. The number of hydrogen-bond acceptors (Lipinski definition) is 4. The zero-order chi connectivity index (χ0) is 13.3. The fraction of sp³-hybridized carbons (Fsp3) is 0.182. The minimum atomic E-state index is -0.328. The fourth-order valence-corrected chi connectivity index (χ4v) is 2.02. The lowest BCUT2D eigenvalue weighted by Crippen LogP contribution is -2.18. The van der Waals surface area contributed by atoms with Crippen LogP contribution in [0, 0.1) is 6.92 Å². The van der Waals surface area contributed by atoms with Crippen LogP contribution in [0.25, 0.3) is 0 Å². The van der Waals surface area contributed by atoms with E-state index in [9.17, 15) is 4.79 Å². The molecule has 0 aliphatic heterocycles. The molecule has 0 unspecified atom stereocenters. The fourth-order valence-electron chi connectivity index (χ4n) is 1.57. The van der Waals surface area contributed by atoms with Gasteiger partial charge in [-0.2, -0.15) is 5.10 Å². The maximum atomic E-state index is 12.1. The first kappa shape index (κ1) is 12.6. The van der Waals surface area contributed by atoms with Crippen molar-refractivity contribution in [2.45, 2.75) is 6.92 Å². The van der Waals surface area contributed by atoms with Gasteiger partial charge in [0.25, 0.3) is 5.91 Å². The van der Waals surface area contributed by atoms with Gasteiger partial charge >= 0.3 is 0 Å². The van der Waals surface area contributed by atoms with Crippen molar-refractivity contribution in [3.63, 3.8) is 0 Å². The van der Waals surface area contributed by atoms with Crippen molar-refractivity contribution in [3.8, 4) is 0 Å². The van der Waals surface area contributed by atoms with Crippen molar-refractivity contribution in [3.05, 3.63) is 34.2 Å². The highest BCUT2D eigenvalue weighted by molar-refractivity contribution is 9.10. The Kier molecular flexibility index (Phi) is 3.33. The number of carbonyl (C=O) groups is 1. The van der Waals surface area contributed by atoms with E-state index in [-0.39, 0.29) is 5.91 Å². The van der Waals surface area contributed by atoms with E-state index < -0.39 is 0 Å². The molecule has 1 amide bonds. The Bertz CT molecular complexity index is 588. The molecule has 0 aromatic carbocycles. The third-order valence-corrected chi connectivity index (χ3v) is 2.89. The Morgan fingerprint density at radius 2 is 2.22 bits per heavy atom. The molecule has 18 heavy (non-hydrogen) atoms. The number of halogens is 1. The van der Waals surface area contributed by atoms with Crippen LogP contribution < -0.4 is 11.1 Å². The molecule has 0 saturated heterocycles. The summed E-state index contributed by atoms with van der Waals surface area (Å²) < 4.78 is 2.29. The molecule has 2 aromatic rings. The highest BCUT2D eigenvalue weighted by Gasteiger charge is 2.16. The van der Waals surface area contributed by atoms with Gasteiger partial charge in [0, 0.05) is 17.7 Å². The van der Waals surface area contributed by atoms with Crippen molar-refractivity contribution in [1.82, 2.24) is 14.8 Å². The number of rotatable bonds is 2. The van der Waals surface area contributed by atoms with Crippen molar-refractivity contribution in [2.75, 3.05) is 11.1 Å². The Morgan fingerprint density at radius 1 is 1.50 bits per heavy atom. The van der Waals surface area contributed by atoms with Gasteiger partial charge in [-0.3, -0.25) is 9.48 Å². The monoisotopic (exact) mass is 309 g/mol. The number of nitrogens with two attached hydrogens (primary N) is 1. The van der Waals surface area contributed by atoms with Gasteiger partial charge in [-0.05, 0) is 34.5 Å². The third-order valence-electron chi connectivity index (χ3n) is 2.46. The summed E-state index contributed by atoms with van der Waals surface area (Å²) in [4.78, 5) is 16.2. The van der Waals surface area contributed by atoms with Crippen LogP contribution >= 0.6 is 15.9 Å². The van der Waals surface area contributed by atoms with Crippen molar-refractivity contribution in [2.24, 2.45) is 7.05 Å². The number of nitrogens with one attached hydrogen (secondary N) is 1. The van der Waals surface area contributed by atoms with Gasteiger partial charge in [0.15, 0.2) is 0 Å². The quantitative estimate of drug-likeness (QED) is 0.884. The first-order valence-corrected chi connectivity index (χ1v) is 5.99. The van der Waals surface area contributed by atoms with E-state index in [1.54, 1.807) is 13.2 Å². The maximum absolute atomic E-state index is 12.1. The Morgan fingerprint density at radius 3 is 2.78 bits per heavy atom. The highest BCUT2D eigenvalue weighted by Crippen LogP contribution is 2.18. The van der Waals surface area contributed by atoms with E-state index in [0.717, 1.165) is 10.0 Å². The minimum Gasteiger partial charge on any atom is -0.396 e. The molecule has 0 aliphatic carbocycles. The average molecular weight is 310 g/mol. The van der Waals surface area contributed by atoms with Gasteiger partial charge in [0.1, 0.15) is 11.5 Å². The lowest BCUT2D eigenvalue weighted by molar-refractivity contribution is 0.101. The second kappa shape index (κ2) is 4.77. The van der Waals surface area contributed by atoms with Gasteiger partial charge in [-0.15, -0.1) is 0 Å². The molecule has 2 aromatic heterocycles. The molecule has 0 bridgehead atoms. The molecule has 0 radical (unpaired) electrons. The minimum absolute atomic E-state index is 0.319. The molecule has 2 rings (SSSR count). The summed E-state index contributed by atoms with van der Waals surface area (Å²) in [5, 5.41) is 6.63. The van der Waals surface area contributed by atoms with E-state index in [1.165, 1.54) is 10.9 Å². The Hall–Kier alpha value is -1.89. The summed E-state index contributed by atoms with van der Waals surface area (Å²) in [6.07, 6.45) is 3.06. The van der Waals surface area contributed by atoms with Crippen LogP contribution in [0.2, 0.25) is 0 Å². The standard InChI is InChI=1S/C11H12BrN5O/c1-6-3-7(12)4-14-10(6)16-11(18)9-8(13)5-15-17(9)2/h3-5H,13H2,1-2H3,(H,14,16,18). The molecule has 6 nitrogen and oxygen atoms in total. The van der Waals surface area contributed by atoms with Gasteiger partial charge < -0.3 is 11.1 Å². The summed E-state index contributed by atoms with van der Waals surface area (Å²) in [6, 6.07) is 1.87. The largest absolute Gasteiger partial charge is 0.396 e. The lowest BCUT2D eigenvalue weighted by Gasteiger charge is -2.08. The molecule has 0 atom stereocenters. The summed E-state index contributed by atoms with van der Waals surface area (Å²) in [5.41, 5.74) is 7.20. The van der Waals surface area contributed by atoms with Crippen LogP contribution in [0.5, 0.6) is 0 Å². The van der Waals surface area contributed by atoms with E-state index in [1.807, 2.05) is 13.0 Å². The number of pyridine rings is 1. The number of amides is 1. The molecule has 0 aliphatic rings. The number of hydrogen-bond donors (Lipinski definition) is 2. The number of carbonyl (C=O) groups excluding carboxylic acids is 1. The first-order valence-electron chi connectivity index (χ1n) is 5.20. The normalized spacial score (nSPS) is 10.4. The average Bonchev–Trinajstić information content (AvgIpc) is 2.62. The third kappa shape index (κ3) is 2.35. The SMILES string of the molecule is Cc1cc(Br)cnc1NC(=O)c1c(N)cnn1C. The Labute approximate surface area is 112 Å². The molecule has 2 heterocycles. The van der Waals surface area contributed by atoms with Gasteiger partial charge in [0.2, 0.25) is 0 Å². The molecule has 0 saturated carbocycles. The molecular weight excluding hydrogens is 298 g/mol. The first-order chi connectivity index (χ1) is 8.49. The smallest absolute Gasteiger partial charge is 0.277 e. The molecule has 7 heteroatoms. The van der Waals surface area contributed by atoms with Gasteiger partial charge in [0.05, 0.1) is 11.9 Å². The molecule has 3 N–H and O–H groups in total.